The molecule has 8 heteroatoms. The van der Waals surface area contributed by atoms with Crippen molar-refractivity contribution < 1.29 is 14.0 Å². The molecule has 0 saturated heterocycles. The first-order chi connectivity index (χ1) is 16.6. The van der Waals surface area contributed by atoms with Gasteiger partial charge in [0.1, 0.15) is 11.3 Å². The molecule has 2 heterocycles. The van der Waals surface area contributed by atoms with Gasteiger partial charge in [-0.05, 0) is 74.9 Å². The van der Waals surface area contributed by atoms with Crippen molar-refractivity contribution in [3.63, 3.8) is 0 Å². The molecule has 4 rings (SSSR count). The number of amides is 2. The zero-order valence-corrected chi connectivity index (χ0v) is 21.1. The first kappa shape index (κ1) is 24.8. The highest BCUT2D eigenvalue weighted by Gasteiger charge is 2.29. The van der Waals surface area contributed by atoms with Crippen molar-refractivity contribution in [3.05, 3.63) is 42.1 Å². The predicted octanol–water partition coefficient (Wildman–Crippen LogP) is 5.40. The predicted molar refractivity (Wildman–Crippen MR) is 135 cm³/mol. The average molecular weight is 480 g/mol. The number of carbonyl (C=O) groups is 2. The molecular formula is C27H34FN5O2. The van der Waals surface area contributed by atoms with Gasteiger partial charge in [0.2, 0.25) is 11.8 Å². The number of carbonyl (C=O) groups excluding carboxylic acids is 2. The first-order valence-electron chi connectivity index (χ1n) is 12.4. The van der Waals surface area contributed by atoms with Crippen LogP contribution in [0.1, 0.15) is 65.0 Å². The van der Waals surface area contributed by atoms with E-state index in [9.17, 15) is 14.0 Å². The fourth-order valence-electron chi connectivity index (χ4n) is 4.72. The number of imidazole rings is 1. The molecule has 0 aliphatic heterocycles. The summed E-state index contributed by atoms with van der Waals surface area (Å²) in [6, 6.07) is 5.37. The van der Waals surface area contributed by atoms with Gasteiger partial charge < -0.3 is 15.2 Å². The molecule has 7 nitrogen and oxygen atoms in total. The number of nitrogens with one attached hydrogen (secondary N) is 2. The lowest BCUT2D eigenvalue weighted by Crippen LogP contribution is -2.42. The smallest absolute Gasteiger partial charge is 0.228 e. The molecule has 3 aromatic rings. The number of aryl methyl sites for hydroxylation is 1. The van der Waals surface area contributed by atoms with Crippen LogP contribution < -0.4 is 10.6 Å². The highest BCUT2D eigenvalue weighted by molar-refractivity contribution is 5.93. The number of hydrogen-bond acceptors (Lipinski definition) is 4. The lowest BCUT2D eigenvalue weighted by molar-refractivity contribution is -0.126. The van der Waals surface area contributed by atoms with Crippen molar-refractivity contribution in [2.24, 2.45) is 11.8 Å². The van der Waals surface area contributed by atoms with E-state index in [0.29, 0.717) is 23.3 Å². The van der Waals surface area contributed by atoms with E-state index < -0.39 is 0 Å². The number of pyridine rings is 1. The summed E-state index contributed by atoms with van der Waals surface area (Å²) in [6.45, 7) is 9.70. The minimum Gasteiger partial charge on any atom is -0.353 e. The van der Waals surface area contributed by atoms with E-state index in [2.05, 4.69) is 20.6 Å². The third-order valence-electron chi connectivity index (χ3n) is 6.77. The molecule has 2 aromatic heterocycles. The molecule has 1 aliphatic rings. The van der Waals surface area contributed by atoms with Gasteiger partial charge in [-0.25, -0.2) is 14.4 Å². The zero-order chi connectivity index (χ0) is 25.3. The summed E-state index contributed by atoms with van der Waals surface area (Å²) in [5, 5.41) is 6.01. The van der Waals surface area contributed by atoms with Crippen LogP contribution in [0, 0.1) is 24.6 Å². The second-order valence-electron chi connectivity index (χ2n) is 10.2. The monoisotopic (exact) mass is 479 g/mol. The fraction of sp³-hybridized carbons (Fsp3) is 0.481. The Morgan fingerprint density at radius 3 is 2.60 bits per heavy atom. The van der Waals surface area contributed by atoms with Crippen LogP contribution >= 0.6 is 0 Å². The molecule has 1 fully saturated rings. The summed E-state index contributed by atoms with van der Waals surface area (Å²) in [7, 11) is 0. The Morgan fingerprint density at radius 2 is 1.89 bits per heavy atom. The van der Waals surface area contributed by atoms with E-state index in [-0.39, 0.29) is 41.6 Å². The van der Waals surface area contributed by atoms with Gasteiger partial charge in [0, 0.05) is 30.1 Å². The van der Waals surface area contributed by atoms with E-state index >= 15 is 0 Å². The van der Waals surface area contributed by atoms with Crippen molar-refractivity contribution in [1.82, 2.24) is 19.9 Å². The van der Waals surface area contributed by atoms with Crippen LogP contribution in [0.5, 0.6) is 0 Å². The van der Waals surface area contributed by atoms with Crippen LogP contribution in [-0.4, -0.2) is 32.4 Å². The number of aromatic nitrogens is 3. The second kappa shape index (κ2) is 10.1. The molecule has 1 aromatic carbocycles. The second-order valence-corrected chi connectivity index (χ2v) is 10.2. The summed E-state index contributed by atoms with van der Waals surface area (Å²) in [5.41, 5.74) is 3.47. The Bertz CT molecular complexity index is 1250. The Hall–Kier alpha value is -3.29. The number of hydrogen-bond donors (Lipinski definition) is 2. The van der Waals surface area contributed by atoms with Gasteiger partial charge in [-0.1, -0.05) is 20.3 Å². The molecule has 2 unspecified atom stereocenters. The van der Waals surface area contributed by atoms with Gasteiger partial charge >= 0.3 is 0 Å². The third kappa shape index (κ3) is 5.36. The van der Waals surface area contributed by atoms with Crippen LogP contribution in [0.4, 0.5) is 10.2 Å². The standard InChI is InChI=1S/C27H34FN5O2/c1-15(2)26(34)31-20-8-6-7-18(9-20)27(35)32-24-12-21(17(5)13-29-24)19-10-22(28)25-23(11-19)33(14-30-25)16(3)4/h10-16,18,20H,6-9H2,1-5H3,(H,31,34)(H,29,32,35). The zero-order valence-electron chi connectivity index (χ0n) is 21.1. The molecule has 0 spiro atoms. The summed E-state index contributed by atoms with van der Waals surface area (Å²) in [6.07, 6.45) is 6.52. The highest BCUT2D eigenvalue weighted by Crippen LogP contribution is 2.32. The Labute approximate surface area is 205 Å². The summed E-state index contributed by atoms with van der Waals surface area (Å²) < 4.78 is 16.8. The topological polar surface area (TPSA) is 88.9 Å². The van der Waals surface area contributed by atoms with E-state index in [0.717, 1.165) is 35.9 Å². The summed E-state index contributed by atoms with van der Waals surface area (Å²) >= 11 is 0. The van der Waals surface area contributed by atoms with E-state index in [1.165, 1.54) is 6.07 Å². The quantitative estimate of drug-likeness (QED) is 0.496. The number of nitrogens with zero attached hydrogens (tertiary/aromatic N) is 3. The number of benzene rings is 1. The maximum atomic E-state index is 14.9. The van der Waals surface area contributed by atoms with Crippen LogP contribution in [0.25, 0.3) is 22.2 Å². The van der Waals surface area contributed by atoms with Crippen LogP contribution in [-0.2, 0) is 9.59 Å². The van der Waals surface area contributed by atoms with Crippen molar-refractivity contribution in [2.75, 3.05) is 5.32 Å². The Morgan fingerprint density at radius 1 is 1.11 bits per heavy atom. The van der Waals surface area contributed by atoms with Crippen LogP contribution in [0.15, 0.2) is 30.7 Å². The van der Waals surface area contributed by atoms with Gasteiger partial charge in [0.15, 0.2) is 5.82 Å². The number of halogens is 1. The number of rotatable bonds is 6. The Kier molecular flexibility index (Phi) is 7.19. The Balaban J connectivity index is 1.55. The van der Waals surface area contributed by atoms with Gasteiger partial charge in [0.05, 0.1) is 11.8 Å². The number of fused-ring (bicyclic) bond motifs is 1. The largest absolute Gasteiger partial charge is 0.353 e. The third-order valence-corrected chi connectivity index (χ3v) is 6.77. The summed E-state index contributed by atoms with van der Waals surface area (Å²) in [4.78, 5) is 33.7. The molecule has 35 heavy (non-hydrogen) atoms. The van der Waals surface area contributed by atoms with Gasteiger partial charge in [-0.2, -0.15) is 0 Å². The fourth-order valence-corrected chi connectivity index (χ4v) is 4.72. The van der Waals surface area contributed by atoms with Crippen LogP contribution in [0.2, 0.25) is 0 Å². The van der Waals surface area contributed by atoms with Gasteiger partial charge in [0.25, 0.3) is 0 Å². The lowest BCUT2D eigenvalue weighted by atomic mass is 9.85. The molecule has 2 amide bonds. The van der Waals surface area contributed by atoms with Crippen molar-refractivity contribution in [3.8, 4) is 11.1 Å². The lowest BCUT2D eigenvalue weighted by Gasteiger charge is -2.29. The SMILES string of the molecule is Cc1cnc(NC(=O)C2CCCC(NC(=O)C(C)C)C2)cc1-c1cc(F)c2ncn(C(C)C)c2c1. The summed E-state index contributed by atoms with van der Waals surface area (Å²) in [5.74, 6) is -0.305. The normalized spacial score (nSPS) is 18.3. The molecule has 186 valence electrons. The van der Waals surface area contributed by atoms with Gasteiger partial charge in [-0.3, -0.25) is 9.59 Å². The van der Waals surface area contributed by atoms with Crippen LogP contribution in [0.3, 0.4) is 0 Å². The van der Waals surface area contributed by atoms with Crippen molar-refractivity contribution >= 4 is 28.7 Å². The number of anilines is 1. The molecule has 0 radical (unpaired) electrons. The molecule has 0 bridgehead atoms. The van der Waals surface area contributed by atoms with E-state index in [1.54, 1.807) is 18.6 Å². The molecule has 1 saturated carbocycles. The first-order valence-corrected chi connectivity index (χ1v) is 12.4. The molecule has 2 N–H and O–H groups in total. The minimum atomic E-state index is -0.379. The maximum absolute atomic E-state index is 14.9. The van der Waals surface area contributed by atoms with E-state index in [1.807, 2.05) is 45.3 Å². The average Bonchev–Trinajstić information content (AvgIpc) is 3.25. The minimum absolute atomic E-state index is 0.0106. The van der Waals surface area contributed by atoms with Gasteiger partial charge in [-0.15, -0.1) is 0 Å². The van der Waals surface area contributed by atoms with E-state index in [4.69, 9.17) is 0 Å². The molecule has 2 atom stereocenters. The van der Waals surface area contributed by atoms with Crippen molar-refractivity contribution in [1.29, 1.82) is 0 Å². The molecule has 1 aliphatic carbocycles. The maximum Gasteiger partial charge on any atom is 0.228 e. The molecular weight excluding hydrogens is 445 g/mol. The highest BCUT2D eigenvalue weighted by atomic mass is 19.1. The van der Waals surface area contributed by atoms with Crippen molar-refractivity contribution in [2.45, 2.75) is 72.4 Å².